The summed E-state index contributed by atoms with van der Waals surface area (Å²) in [6.07, 6.45) is 2.91. The van der Waals surface area contributed by atoms with E-state index in [9.17, 15) is 0 Å². The Hall–Kier alpha value is -1.57. The van der Waals surface area contributed by atoms with Crippen LogP contribution in [-0.4, -0.2) is 11.6 Å². The van der Waals surface area contributed by atoms with Gasteiger partial charge in [-0.3, -0.25) is 4.98 Å². The maximum Gasteiger partial charge on any atom is 0.133 e. The summed E-state index contributed by atoms with van der Waals surface area (Å²) in [5.74, 6) is 1.03. The summed E-state index contributed by atoms with van der Waals surface area (Å²) in [5, 5.41) is 1.14. The molecule has 0 N–H and O–H groups in total. The minimum atomic E-state index is 0.797. The highest BCUT2D eigenvalue weighted by atomic mass is 16.5. The van der Waals surface area contributed by atoms with Crippen molar-refractivity contribution in [2.45, 2.75) is 6.42 Å². The smallest absolute Gasteiger partial charge is 0.133 e. The number of hydrogen-bond acceptors (Lipinski definition) is 2. The van der Waals surface area contributed by atoms with Gasteiger partial charge in [-0.1, -0.05) is 12.1 Å². The van der Waals surface area contributed by atoms with Crippen molar-refractivity contribution in [2.24, 2.45) is 0 Å². The molecule has 0 radical (unpaired) electrons. The van der Waals surface area contributed by atoms with Gasteiger partial charge in [0.05, 0.1) is 12.1 Å². The molecule has 2 heteroatoms. The van der Waals surface area contributed by atoms with E-state index in [0.29, 0.717) is 0 Å². The lowest BCUT2D eigenvalue weighted by Gasteiger charge is -2.02. The first-order valence-corrected chi connectivity index (χ1v) is 4.44. The van der Waals surface area contributed by atoms with Crippen LogP contribution in [0.4, 0.5) is 0 Å². The Kier molecular flexibility index (Phi) is 1.30. The van der Waals surface area contributed by atoms with Gasteiger partial charge in [-0.05, 0) is 12.1 Å². The number of hydrogen-bond donors (Lipinski definition) is 0. The van der Waals surface area contributed by atoms with E-state index in [4.69, 9.17) is 4.74 Å². The van der Waals surface area contributed by atoms with Crippen LogP contribution in [0.5, 0.6) is 5.75 Å². The molecular formula is C11H9NO. The fraction of sp³-hybridized carbons (Fsp3) is 0.182. The first-order chi connectivity index (χ1) is 6.45. The van der Waals surface area contributed by atoms with E-state index in [1.807, 2.05) is 24.4 Å². The van der Waals surface area contributed by atoms with Crippen molar-refractivity contribution in [1.82, 2.24) is 4.98 Å². The third kappa shape index (κ3) is 0.917. The van der Waals surface area contributed by atoms with Gasteiger partial charge in [-0.2, -0.15) is 0 Å². The number of para-hydroxylation sites is 1. The first-order valence-electron chi connectivity index (χ1n) is 4.44. The molecule has 2 heterocycles. The summed E-state index contributed by atoms with van der Waals surface area (Å²) in [6.45, 7) is 0.797. The minimum absolute atomic E-state index is 0.797. The molecular weight excluding hydrogens is 162 g/mol. The summed E-state index contributed by atoms with van der Waals surface area (Å²) in [4.78, 5) is 4.37. The molecule has 1 aliphatic rings. The number of aromatic nitrogens is 1. The highest BCUT2D eigenvalue weighted by Crippen LogP contribution is 2.31. The molecule has 0 atom stereocenters. The molecule has 0 spiro atoms. The Morgan fingerprint density at radius 2 is 2.15 bits per heavy atom. The average molecular weight is 171 g/mol. The van der Waals surface area contributed by atoms with Crippen LogP contribution in [0.3, 0.4) is 0 Å². The third-order valence-electron chi connectivity index (χ3n) is 2.42. The fourth-order valence-corrected chi connectivity index (χ4v) is 1.77. The lowest BCUT2D eigenvalue weighted by atomic mass is 10.1. The SMILES string of the molecule is c1ccc2c3c(cnc2c1)CCO3. The van der Waals surface area contributed by atoms with Crippen LogP contribution < -0.4 is 4.74 Å². The molecule has 3 rings (SSSR count). The van der Waals surface area contributed by atoms with Crippen LogP contribution in [-0.2, 0) is 6.42 Å². The van der Waals surface area contributed by atoms with E-state index >= 15 is 0 Å². The number of nitrogens with zero attached hydrogens (tertiary/aromatic N) is 1. The van der Waals surface area contributed by atoms with E-state index in [0.717, 1.165) is 29.7 Å². The van der Waals surface area contributed by atoms with Crippen LogP contribution in [0, 0.1) is 0 Å². The van der Waals surface area contributed by atoms with Crippen molar-refractivity contribution in [2.75, 3.05) is 6.61 Å². The second-order valence-electron chi connectivity index (χ2n) is 3.23. The average Bonchev–Trinajstić information content (AvgIpc) is 2.65. The molecule has 0 saturated carbocycles. The summed E-state index contributed by atoms with van der Waals surface area (Å²) in [6, 6.07) is 8.09. The van der Waals surface area contributed by atoms with Crippen LogP contribution >= 0.6 is 0 Å². The zero-order valence-electron chi connectivity index (χ0n) is 7.16. The second-order valence-corrected chi connectivity index (χ2v) is 3.23. The Labute approximate surface area is 76.2 Å². The quantitative estimate of drug-likeness (QED) is 0.606. The van der Waals surface area contributed by atoms with Gasteiger partial charge in [-0.15, -0.1) is 0 Å². The molecule has 64 valence electrons. The predicted molar refractivity (Wildman–Crippen MR) is 50.9 cm³/mol. The zero-order chi connectivity index (χ0) is 8.67. The first kappa shape index (κ1) is 6.89. The van der Waals surface area contributed by atoms with Crippen LogP contribution in [0.15, 0.2) is 30.5 Å². The molecule has 2 nitrogen and oxygen atoms in total. The molecule has 0 aliphatic carbocycles. The summed E-state index contributed by atoms with van der Waals surface area (Å²) < 4.78 is 5.57. The van der Waals surface area contributed by atoms with Crippen molar-refractivity contribution < 1.29 is 4.74 Å². The highest BCUT2D eigenvalue weighted by Gasteiger charge is 2.15. The summed E-state index contributed by atoms with van der Waals surface area (Å²) in [5.41, 5.74) is 2.25. The van der Waals surface area contributed by atoms with Crippen molar-refractivity contribution >= 4 is 10.9 Å². The number of rotatable bonds is 0. The van der Waals surface area contributed by atoms with Gasteiger partial charge in [0.2, 0.25) is 0 Å². The monoisotopic (exact) mass is 171 g/mol. The van der Waals surface area contributed by atoms with Crippen molar-refractivity contribution in [1.29, 1.82) is 0 Å². The predicted octanol–water partition coefficient (Wildman–Crippen LogP) is 2.17. The van der Waals surface area contributed by atoms with E-state index in [-0.39, 0.29) is 0 Å². The van der Waals surface area contributed by atoms with Gasteiger partial charge < -0.3 is 4.74 Å². The van der Waals surface area contributed by atoms with Gasteiger partial charge >= 0.3 is 0 Å². The number of benzene rings is 1. The van der Waals surface area contributed by atoms with Gasteiger partial charge in [-0.25, -0.2) is 0 Å². The molecule has 0 amide bonds. The topological polar surface area (TPSA) is 22.1 Å². The largest absolute Gasteiger partial charge is 0.492 e. The van der Waals surface area contributed by atoms with E-state index in [1.54, 1.807) is 0 Å². The molecule has 0 unspecified atom stereocenters. The molecule has 0 bridgehead atoms. The lowest BCUT2D eigenvalue weighted by molar-refractivity contribution is 0.360. The van der Waals surface area contributed by atoms with Crippen molar-refractivity contribution in [3.8, 4) is 5.75 Å². The normalized spacial score (nSPS) is 14.2. The molecule has 1 aromatic carbocycles. The second kappa shape index (κ2) is 2.46. The van der Waals surface area contributed by atoms with Crippen LogP contribution in [0.2, 0.25) is 0 Å². The Morgan fingerprint density at radius 1 is 1.23 bits per heavy atom. The standard InChI is InChI=1S/C11H9NO/c1-2-4-10-9(3-1)11-8(7-12-10)5-6-13-11/h1-4,7H,5-6H2. The molecule has 2 aromatic rings. The third-order valence-corrected chi connectivity index (χ3v) is 2.42. The van der Waals surface area contributed by atoms with Crippen LogP contribution in [0.25, 0.3) is 10.9 Å². The van der Waals surface area contributed by atoms with Gasteiger partial charge in [0, 0.05) is 23.6 Å². The number of fused-ring (bicyclic) bond motifs is 3. The molecule has 13 heavy (non-hydrogen) atoms. The maximum atomic E-state index is 5.57. The molecule has 1 aliphatic heterocycles. The van der Waals surface area contributed by atoms with Gasteiger partial charge in [0.1, 0.15) is 5.75 Å². The lowest BCUT2D eigenvalue weighted by Crippen LogP contribution is -1.87. The van der Waals surface area contributed by atoms with E-state index in [1.165, 1.54) is 5.56 Å². The number of ether oxygens (including phenoxy) is 1. The fourth-order valence-electron chi connectivity index (χ4n) is 1.77. The van der Waals surface area contributed by atoms with Crippen molar-refractivity contribution in [3.63, 3.8) is 0 Å². The highest BCUT2D eigenvalue weighted by molar-refractivity contribution is 5.86. The Bertz CT molecular complexity index is 465. The van der Waals surface area contributed by atoms with E-state index in [2.05, 4.69) is 11.1 Å². The van der Waals surface area contributed by atoms with Gasteiger partial charge in [0.15, 0.2) is 0 Å². The zero-order valence-corrected chi connectivity index (χ0v) is 7.16. The van der Waals surface area contributed by atoms with Gasteiger partial charge in [0.25, 0.3) is 0 Å². The summed E-state index contributed by atoms with van der Waals surface area (Å²) in [7, 11) is 0. The van der Waals surface area contributed by atoms with E-state index < -0.39 is 0 Å². The number of pyridine rings is 1. The Morgan fingerprint density at radius 3 is 3.15 bits per heavy atom. The Balaban J connectivity index is 2.43. The van der Waals surface area contributed by atoms with Crippen LogP contribution in [0.1, 0.15) is 5.56 Å². The molecule has 1 aromatic heterocycles. The summed E-state index contributed by atoms with van der Waals surface area (Å²) >= 11 is 0. The molecule has 0 saturated heterocycles. The molecule has 0 fully saturated rings. The maximum absolute atomic E-state index is 5.57. The van der Waals surface area contributed by atoms with Crippen molar-refractivity contribution in [3.05, 3.63) is 36.0 Å². The minimum Gasteiger partial charge on any atom is -0.492 e.